The highest BCUT2D eigenvalue weighted by Crippen LogP contribution is 2.26. The highest BCUT2D eigenvalue weighted by atomic mass is 32.2. The number of nitrogens with zero attached hydrogens (tertiary/aromatic N) is 2. The van der Waals surface area contributed by atoms with E-state index in [0.717, 1.165) is 34.9 Å². The molecule has 1 aromatic heterocycles. The Morgan fingerprint density at radius 1 is 1.56 bits per heavy atom. The monoisotopic (exact) mass is 287 g/mol. The molecule has 1 aliphatic heterocycles. The largest absolute Gasteiger partial charge is 0.381 e. The third kappa shape index (κ3) is 4.19. The van der Waals surface area contributed by atoms with E-state index in [4.69, 9.17) is 4.74 Å². The van der Waals surface area contributed by atoms with Gasteiger partial charge in [0.15, 0.2) is 4.34 Å². The van der Waals surface area contributed by atoms with Crippen molar-refractivity contribution in [2.45, 2.75) is 37.1 Å². The summed E-state index contributed by atoms with van der Waals surface area (Å²) in [6.45, 7) is 7.10. The van der Waals surface area contributed by atoms with Gasteiger partial charge < -0.3 is 10.1 Å². The Morgan fingerprint density at radius 3 is 3.06 bits per heavy atom. The molecule has 0 aromatic carbocycles. The van der Waals surface area contributed by atoms with Crippen LogP contribution in [0.5, 0.6) is 0 Å². The van der Waals surface area contributed by atoms with Gasteiger partial charge in [-0.25, -0.2) is 0 Å². The Kier molecular flexibility index (Phi) is 5.88. The van der Waals surface area contributed by atoms with Crippen molar-refractivity contribution in [2.75, 3.05) is 25.5 Å². The van der Waals surface area contributed by atoms with Crippen LogP contribution in [0.2, 0.25) is 0 Å². The molecule has 0 bridgehead atoms. The predicted octanol–water partition coefficient (Wildman–Crippen LogP) is 2.34. The summed E-state index contributed by atoms with van der Waals surface area (Å²) in [7, 11) is 0. The van der Waals surface area contributed by atoms with Crippen LogP contribution in [0.3, 0.4) is 0 Å². The van der Waals surface area contributed by atoms with E-state index >= 15 is 0 Å². The fourth-order valence-electron chi connectivity index (χ4n) is 2.06. The van der Waals surface area contributed by atoms with Gasteiger partial charge in [-0.2, -0.15) is 0 Å². The number of rotatable bonds is 7. The van der Waals surface area contributed by atoms with Crippen LogP contribution in [0.1, 0.15) is 24.8 Å². The first-order valence-corrected chi connectivity index (χ1v) is 8.34. The second kappa shape index (κ2) is 7.43. The van der Waals surface area contributed by atoms with Gasteiger partial charge in [0.05, 0.1) is 6.61 Å². The average Bonchev–Trinajstić information content (AvgIpc) is 3.01. The number of aryl methyl sites for hydroxylation is 1. The summed E-state index contributed by atoms with van der Waals surface area (Å²) in [5, 5.41) is 12.9. The van der Waals surface area contributed by atoms with E-state index in [1.165, 1.54) is 12.8 Å². The molecule has 1 aliphatic rings. The maximum Gasteiger partial charge on any atom is 0.174 e. The van der Waals surface area contributed by atoms with Crippen LogP contribution in [0.4, 0.5) is 0 Å². The van der Waals surface area contributed by atoms with Gasteiger partial charge in [0.1, 0.15) is 5.01 Å². The van der Waals surface area contributed by atoms with Gasteiger partial charge in [-0.3, -0.25) is 0 Å². The number of thioether (sulfide) groups is 1. The van der Waals surface area contributed by atoms with Gasteiger partial charge in [0.2, 0.25) is 0 Å². The Hall–Kier alpha value is -0.170. The van der Waals surface area contributed by atoms with Crippen LogP contribution >= 0.6 is 23.1 Å². The fraction of sp³-hybridized carbons (Fsp3) is 0.833. The predicted molar refractivity (Wildman–Crippen MR) is 76.4 cm³/mol. The summed E-state index contributed by atoms with van der Waals surface area (Å²) in [5.41, 5.74) is 0. The standard InChI is InChI=1S/C12H21N3OS2/c1-3-5-13-11(10-4-6-16-7-10)8-17-12-15-14-9(2)18-12/h10-11,13H,3-8H2,1-2H3. The number of ether oxygens (including phenoxy) is 1. The van der Waals surface area contributed by atoms with Crippen molar-refractivity contribution in [1.29, 1.82) is 0 Å². The first-order valence-electron chi connectivity index (χ1n) is 6.53. The number of hydrogen-bond donors (Lipinski definition) is 1. The van der Waals surface area contributed by atoms with Gasteiger partial charge in [-0.1, -0.05) is 30.0 Å². The van der Waals surface area contributed by atoms with Crippen LogP contribution in [0, 0.1) is 12.8 Å². The SMILES string of the molecule is CCCNC(CSc1nnc(C)s1)C1CCOC1. The smallest absolute Gasteiger partial charge is 0.174 e. The lowest BCUT2D eigenvalue weighted by Gasteiger charge is -2.22. The molecule has 1 fully saturated rings. The van der Waals surface area contributed by atoms with E-state index in [2.05, 4.69) is 22.4 Å². The molecule has 0 spiro atoms. The molecular formula is C12H21N3OS2. The molecular weight excluding hydrogens is 266 g/mol. The van der Waals surface area contributed by atoms with E-state index in [-0.39, 0.29) is 0 Å². The van der Waals surface area contributed by atoms with Crippen molar-refractivity contribution in [1.82, 2.24) is 15.5 Å². The minimum Gasteiger partial charge on any atom is -0.381 e. The third-order valence-corrected chi connectivity index (χ3v) is 5.18. The minimum atomic E-state index is 0.529. The van der Waals surface area contributed by atoms with Gasteiger partial charge in [-0.05, 0) is 26.3 Å². The molecule has 2 heterocycles. The van der Waals surface area contributed by atoms with Gasteiger partial charge in [0.25, 0.3) is 0 Å². The van der Waals surface area contributed by atoms with Crippen molar-refractivity contribution < 1.29 is 4.74 Å². The molecule has 2 unspecified atom stereocenters. The van der Waals surface area contributed by atoms with Gasteiger partial charge >= 0.3 is 0 Å². The molecule has 1 saturated heterocycles. The molecule has 102 valence electrons. The zero-order valence-electron chi connectivity index (χ0n) is 11.0. The van der Waals surface area contributed by atoms with E-state index in [1.54, 1.807) is 11.3 Å². The van der Waals surface area contributed by atoms with E-state index in [0.29, 0.717) is 12.0 Å². The summed E-state index contributed by atoms with van der Waals surface area (Å²) in [5.74, 6) is 1.71. The lowest BCUT2D eigenvalue weighted by atomic mass is 10.0. The molecule has 4 nitrogen and oxygen atoms in total. The van der Waals surface area contributed by atoms with Crippen molar-refractivity contribution in [3.63, 3.8) is 0 Å². The molecule has 18 heavy (non-hydrogen) atoms. The first kappa shape index (κ1) is 14.2. The number of aromatic nitrogens is 2. The maximum absolute atomic E-state index is 5.50. The molecule has 1 aromatic rings. The lowest BCUT2D eigenvalue weighted by molar-refractivity contribution is 0.179. The maximum atomic E-state index is 5.50. The van der Waals surface area contributed by atoms with Crippen molar-refractivity contribution in [2.24, 2.45) is 5.92 Å². The van der Waals surface area contributed by atoms with E-state index in [9.17, 15) is 0 Å². The quantitative estimate of drug-likeness (QED) is 0.780. The highest BCUT2D eigenvalue weighted by molar-refractivity contribution is 8.01. The molecule has 0 aliphatic carbocycles. The second-order valence-corrected chi connectivity index (χ2v) is 7.03. The Bertz CT molecular complexity index is 353. The average molecular weight is 287 g/mol. The second-order valence-electron chi connectivity index (χ2n) is 4.58. The van der Waals surface area contributed by atoms with Crippen molar-refractivity contribution in [3.05, 3.63) is 5.01 Å². The zero-order chi connectivity index (χ0) is 12.8. The molecule has 0 saturated carbocycles. The van der Waals surface area contributed by atoms with Crippen molar-refractivity contribution >= 4 is 23.1 Å². The summed E-state index contributed by atoms with van der Waals surface area (Å²) in [6, 6.07) is 0.529. The summed E-state index contributed by atoms with van der Waals surface area (Å²) in [4.78, 5) is 0. The summed E-state index contributed by atoms with van der Waals surface area (Å²) < 4.78 is 6.58. The molecule has 1 N–H and O–H groups in total. The van der Waals surface area contributed by atoms with Gasteiger partial charge in [0, 0.05) is 24.3 Å². The molecule has 0 amide bonds. The molecule has 2 atom stereocenters. The Balaban J connectivity index is 1.83. The molecule has 0 radical (unpaired) electrons. The Labute approximate surface area is 117 Å². The fourth-order valence-corrected chi connectivity index (χ4v) is 4.09. The third-order valence-electron chi connectivity index (χ3n) is 3.08. The van der Waals surface area contributed by atoms with Gasteiger partial charge in [-0.15, -0.1) is 10.2 Å². The van der Waals surface area contributed by atoms with Crippen LogP contribution in [-0.4, -0.2) is 41.8 Å². The normalized spacial score (nSPS) is 21.3. The zero-order valence-corrected chi connectivity index (χ0v) is 12.6. The van der Waals surface area contributed by atoms with Crippen LogP contribution in [0.15, 0.2) is 4.34 Å². The van der Waals surface area contributed by atoms with Crippen LogP contribution < -0.4 is 5.32 Å². The Morgan fingerprint density at radius 2 is 2.44 bits per heavy atom. The lowest BCUT2D eigenvalue weighted by Crippen LogP contribution is -2.39. The number of nitrogens with one attached hydrogen (secondary N) is 1. The molecule has 6 heteroatoms. The van der Waals surface area contributed by atoms with Crippen LogP contribution in [0.25, 0.3) is 0 Å². The number of hydrogen-bond acceptors (Lipinski definition) is 6. The molecule has 2 rings (SSSR count). The highest BCUT2D eigenvalue weighted by Gasteiger charge is 2.25. The summed E-state index contributed by atoms with van der Waals surface area (Å²) >= 11 is 3.49. The van der Waals surface area contributed by atoms with Crippen molar-refractivity contribution in [3.8, 4) is 0 Å². The topological polar surface area (TPSA) is 47.0 Å². The summed E-state index contributed by atoms with van der Waals surface area (Å²) in [6.07, 6.45) is 2.35. The van der Waals surface area contributed by atoms with E-state index in [1.807, 2.05) is 18.7 Å². The van der Waals surface area contributed by atoms with E-state index < -0.39 is 0 Å². The minimum absolute atomic E-state index is 0.529. The first-order chi connectivity index (χ1) is 8.79. The van der Waals surface area contributed by atoms with Crippen LogP contribution in [-0.2, 0) is 4.74 Å².